The van der Waals surface area contributed by atoms with Gasteiger partial charge in [0.15, 0.2) is 5.11 Å². The number of benzene rings is 2. The number of carbonyl (C=O) groups excluding carboxylic acids is 2. The van der Waals surface area contributed by atoms with E-state index >= 15 is 0 Å². The zero-order valence-corrected chi connectivity index (χ0v) is 20.3. The molecule has 3 aromatic rings. The topological polar surface area (TPSA) is 91.6 Å². The molecule has 1 aromatic heterocycles. The van der Waals surface area contributed by atoms with Crippen LogP contribution in [0, 0.1) is 13.8 Å². The minimum absolute atomic E-state index is 0.0162. The number of hydrogen-bond acceptors (Lipinski definition) is 4. The number of aromatic nitrogens is 1. The number of anilines is 1. The van der Waals surface area contributed by atoms with E-state index in [1.54, 1.807) is 24.3 Å². The number of carbonyl (C=O) groups is 3. The SMILES string of the molecule is Cc1cc(C=C2C(=O)NC(=S)N(c3cccc(C(=O)O)c3)C2=O)c(C)n1-c1cc(Cl)ccc1Cl. The third-order valence-corrected chi connectivity index (χ3v) is 6.21. The van der Waals surface area contributed by atoms with Crippen molar-refractivity contribution in [3.05, 3.63) is 86.7 Å². The molecule has 1 saturated heterocycles. The maximum absolute atomic E-state index is 13.3. The third-order valence-electron chi connectivity index (χ3n) is 5.37. The van der Waals surface area contributed by atoms with Gasteiger partial charge in [-0.15, -0.1) is 0 Å². The summed E-state index contributed by atoms with van der Waals surface area (Å²) in [6.07, 6.45) is 1.48. The van der Waals surface area contributed by atoms with E-state index in [-0.39, 0.29) is 21.9 Å². The zero-order chi connectivity index (χ0) is 24.7. The normalized spacial score (nSPS) is 15.1. The van der Waals surface area contributed by atoms with Crippen molar-refractivity contribution in [3.8, 4) is 5.69 Å². The molecule has 172 valence electrons. The molecular weight excluding hydrogens is 497 g/mol. The summed E-state index contributed by atoms with van der Waals surface area (Å²) < 4.78 is 1.88. The van der Waals surface area contributed by atoms with Crippen LogP contribution >= 0.6 is 35.4 Å². The lowest BCUT2D eigenvalue weighted by Gasteiger charge is -2.29. The third kappa shape index (κ3) is 4.23. The molecule has 0 spiro atoms. The first-order chi connectivity index (χ1) is 16.1. The van der Waals surface area contributed by atoms with Crippen molar-refractivity contribution in [2.45, 2.75) is 13.8 Å². The molecule has 2 N–H and O–H groups in total. The van der Waals surface area contributed by atoms with Gasteiger partial charge in [0.2, 0.25) is 0 Å². The molecule has 0 unspecified atom stereocenters. The van der Waals surface area contributed by atoms with Crippen LogP contribution in [0.4, 0.5) is 5.69 Å². The number of rotatable bonds is 4. The first-order valence-electron chi connectivity index (χ1n) is 9.97. The summed E-state index contributed by atoms with van der Waals surface area (Å²) in [6, 6.07) is 12.7. The Labute approximate surface area is 210 Å². The van der Waals surface area contributed by atoms with E-state index in [0.717, 1.165) is 16.3 Å². The van der Waals surface area contributed by atoms with Gasteiger partial charge in [0.25, 0.3) is 11.8 Å². The van der Waals surface area contributed by atoms with Gasteiger partial charge in [-0.3, -0.25) is 19.8 Å². The number of carboxylic acid groups (broad SMARTS) is 1. The van der Waals surface area contributed by atoms with Crippen LogP contribution in [0.15, 0.2) is 54.1 Å². The van der Waals surface area contributed by atoms with Gasteiger partial charge in [-0.1, -0.05) is 29.3 Å². The first kappa shape index (κ1) is 23.7. The van der Waals surface area contributed by atoms with Crippen LogP contribution in [-0.2, 0) is 9.59 Å². The van der Waals surface area contributed by atoms with Crippen LogP contribution in [0.1, 0.15) is 27.3 Å². The highest BCUT2D eigenvalue weighted by Gasteiger charge is 2.35. The predicted octanol–water partition coefficient (Wildman–Crippen LogP) is 4.93. The van der Waals surface area contributed by atoms with Crippen molar-refractivity contribution in [3.63, 3.8) is 0 Å². The van der Waals surface area contributed by atoms with E-state index in [9.17, 15) is 19.5 Å². The highest BCUT2D eigenvalue weighted by Crippen LogP contribution is 2.30. The molecule has 1 aliphatic rings. The molecule has 2 heterocycles. The molecule has 0 bridgehead atoms. The van der Waals surface area contributed by atoms with Crippen molar-refractivity contribution in [2.75, 3.05) is 4.90 Å². The van der Waals surface area contributed by atoms with E-state index in [0.29, 0.717) is 21.3 Å². The summed E-state index contributed by atoms with van der Waals surface area (Å²) in [5, 5.41) is 12.7. The molecule has 2 amide bonds. The highest BCUT2D eigenvalue weighted by atomic mass is 35.5. The number of aromatic carboxylic acids is 1. The van der Waals surface area contributed by atoms with E-state index in [1.807, 2.05) is 24.5 Å². The molecule has 10 heteroatoms. The Bertz CT molecular complexity index is 1430. The zero-order valence-electron chi connectivity index (χ0n) is 17.9. The van der Waals surface area contributed by atoms with Crippen molar-refractivity contribution < 1.29 is 19.5 Å². The molecule has 7 nitrogen and oxygen atoms in total. The lowest BCUT2D eigenvalue weighted by atomic mass is 10.1. The number of halogens is 2. The first-order valence-corrected chi connectivity index (χ1v) is 11.1. The molecule has 34 heavy (non-hydrogen) atoms. The van der Waals surface area contributed by atoms with E-state index in [1.165, 1.54) is 24.3 Å². The number of nitrogens with zero attached hydrogens (tertiary/aromatic N) is 2. The fraction of sp³-hybridized carbons (Fsp3) is 0.0833. The molecule has 2 aromatic carbocycles. The van der Waals surface area contributed by atoms with Crippen LogP contribution in [0.3, 0.4) is 0 Å². The number of amides is 2. The Morgan fingerprint density at radius 3 is 2.53 bits per heavy atom. The highest BCUT2D eigenvalue weighted by molar-refractivity contribution is 7.80. The number of nitrogens with one attached hydrogen (secondary N) is 1. The Balaban J connectivity index is 1.79. The summed E-state index contributed by atoms with van der Waals surface area (Å²) in [5.41, 5.74) is 2.92. The minimum atomic E-state index is -1.15. The van der Waals surface area contributed by atoms with E-state index < -0.39 is 17.8 Å². The van der Waals surface area contributed by atoms with Gasteiger partial charge in [-0.2, -0.15) is 0 Å². The summed E-state index contributed by atoms with van der Waals surface area (Å²) in [7, 11) is 0. The summed E-state index contributed by atoms with van der Waals surface area (Å²) in [5.74, 6) is -2.46. The lowest BCUT2D eigenvalue weighted by molar-refractivity contribution is -0.122. The standard InChI is InChI=1S/C24H17Cl2N3O4S/c1-12-8-15(13(2)28(12)20-11-16(25)6-7-19(20)26)10-18-21(30)27-24(34)29(22(18)31)17-5-3-4-14(9-17)23(32)33/h3-11H,1-2H3,(H,32,33)(H,27,30,34). The maximum atomic E-state index is 13.3. The largest absolute Gasteiger partial charge is 0.478 e. The Morgan fingerprint density at radius 1 is 1.09 bits per heavy atom. The average molecular weight is 514 g/mol. The summed E-state index contributed by atoms with van der Waals surface area (Å²) >= 11 is 17.7. The summed E-state index contributed by atoms with van der Waals surface area (Å²) in [6.45, 7) is 3.70. The fourth-order valence-electron chi connectivity index (χ4n) is 3.79. The van der Waals surface area contributed by atoms with E-state index in [2.05, 4.69) is 5.32 Å². The molecule has 0 radical (unpaired) electrons. The molecule has 0 aliphatic carbocycles. The van der Waals surface area contributed by atoms with Crippen LogP contribution < -0.4 is 10.2 Å². The van der Waals surface area contributed by atoms with Crippen LogP contribution in [0.25, 0.3) is 11.8 Å². The van der Waals surface area contributed by atoms with Crippen molar-refractivity contribution in [1.82, 2.24) is 9.88 Å². The van der Waals surface area contributed by atoms with Crippen LogP contribution in [0.5, 0.6) is 0 Å². The Morgan fingerprint density at radius 2 is 1.82 bits per heavy atom. The average Bonchev–Trinajstić information content (AvgIpc) is 3.05. The minimum Gasteiger partial charge on any atom is -0.478 e. The summed E-state index contributed by atoms with van der Waals surface area (Å²) in [4.78, 5) is 38.5. The van der Waals surface area contributed by atoms with E-state index in [4.69, 9.17) is 35.4 Å². The number of carboxylic acids is 1. The van der Waals surface area contributed by atoms with Gasteiger partial charge in [0.1, 0.15) is 5.57 Å². The second kappa shape index (κ2) is 9.06. The van der Waals surface area contributed by atoms with Gasteiger partial charge in [0, 0.05) is 16.4 Å². The van der Waals surface area contributed by atoms with Crippen LogP contribution in [0.2, 0.25) is 10.0 Å². The quantitative estimate of drug-likeness (QED) is 0.293. The monoisotopic (exact) mass is 513 g/mol. The number of hydrogen-bond donors (Lipinski definition) is 2. The van der Waals surface area contributed by atoms with Gasteiger partial charge >= 0.3 is 5.97 Å². The molecule has 1 fully saturated rings. The smallest absolute Gasteiger partial charge is 0.335 e. The number of thiocarbonyl (C=S) groups is 1. The lowest BCUT2D eigenvalue weighted by Crippen LogP contribution is -2.54. The predicted molar refractivity (Wildman–Crippen MR) is 135 cm³/mol. The Kier molecular flexibility index (Phi) is 6.31. The van der Waals surface area contributed by atoms with Crippen LogP contribution in [-0.4, -0.2) is 32.6 Å². The second-order valence-corrected chi connectivity index (χ2v) is 8.80. The van der Waals surface area contributed by atoms with Crippen molar-refractivity contribution >= 4 is 70.1 Å². The molecule has 0 atom stereocenters. The molecule has 4 rings (SSSR count). The van der Waals surface area contributed by atoms with Gasteiger partial charge in [-0.05, 0) is 80.2 Å². The molecule has 0 saturated carbocycles. The fourth-order valence-corrected chi connectivity index (χ4v) is 4.44. The second-order valence-electron chi connectivity index (χ2n) is 7.57. The van der Waals surface area contributed by atoms with Gasteiger partial charge in [-0.25, -0.2) is 4.79 Å². The van der Waals surface area contributed by atoms with Crippen molar-refractivity contribution in [1.29, 1.82) is 0 Å². The number of aryl methyl sites for hydroxylation is 1. The van der Waals surface area contributed by atoms with Gasteiger partial charge in [0.05, 0.1) is 22.0 Å². The Hall–Kier alpha value is -3.46. The van der Waals surface area contributed by atoms with Crippen molar-refractivity contribution in [2.24, 2.45) is 0 Å². The van der Waals surface area contributed by atoms with Gasteiger partial charge < -0.3 is 9.67 Å². The maximum Gasteiger partial charge on any atom is 0.335 e. The molecular formula is C24H17Cl2N3O4S. The molecule has 1 aliphatic heterocycles.